The number of rotatable bonds is 8. The smallest absolute Gasteiger partial charge is 0.00472 e. The van der Waals surface area contributed by atoms with Crippen LogP contribution in [0.3, 0.4) is 0 Å². The van der Waals surface area contributed by atoms with Crippen molar-refractivity contribution in [1.29, 1.82) is 0 Å². The van der Waals surface area contributed by atoms with Crippen LogP contribution in [0.4, 0.5) is 0 Å². The van der Waals surface area contributed by atoms with Gasteiger partial charge in [-0.25, -0.2) is 0 Å². The lowest BCUT2D eigenvalue weighted by Gasteiger charge is -2.37. The lowest BCUT2D eigenvalue weighted by Crippen LogP contribution is -2.44. The predicted molar refractivity (Wildman–Crippen MR) is 92.6 cm³/mol. The van der Waals surface area contributed by atoms with Crippen LogP contribution < -0.4 is 5.32 Å². The fourth-order valence-corrected chi connectivity index (χ4v) is 4.19. The van der Waals surface area contributed by atoms with E-state index in [1.54, 1.807) is 0 Å². The van der Waals surface area contributed by atoms with E-state index < -0.39 is 0 Å². The van der Waals surface area contributed by atoms with E-state index in [1.807, 2.05) is 0 Å². The standard InChI is InChI=1S/C19H38N2/c1-16(2)12-20-14-19(9-7-5-6-8-10-19)15-21(4)13-18-11-17(18)3/h16-18,20H,5-15H2,1-4H3. The minimum Gasteiger partial charge on any atom is -0.316 e. The second kappa shape index (κ2) is 7.97. The van der Waals surface area contributed by atoms with Crippen LogP contribution in [0, 0.1) is 23.2 Å². The number of hydrogen-bond donors (Lipinski definition) is 1. The molecule has 0 radical (unpaired) electrons. The van der Waals surface area contributed by atoms with E-state index in [-0.39, 0.29) is 0 Å². The summed E-state index contributed by atoms with van der Waals surface area (Å²) in [5.41, 5.74) is 0.540. The molecular formula is C19H38N2. The van der Waals surface area contributed by atoms with Crippen molar-refractivity contribution in [3.63, 3.8) is 0 Å². The molecule has 0 aromatic rings. The van der Waals surface area contributed by atoms with Gasteiger partial charge in [0.2, 0.25) is 0 Å². The molecular weight excluding hydrogens is 256 g/mol. The molecule has 2 saturated carbocycles. The van der Waals surface area contributed by atoms with E-state index >= 15 is 0 Å². The van der Waals surface area contributed by atoms with Gasteiger partial charge in [-0.1, -0.05) is 46.5 Å². The molecule has 2 fully saturated rings. The van der Waals surface area contributed by atoms with Crippen LogP contribution in [-0.2, 0) is 0 Å². The highest BCUT2D eigenvalue weighted by molar-refractivity contribution is 4.89. The lowest BCUT2D eigenvalue weighted by molar-refractivity contribution is 0.140. The average Bonchev–Trinajstić information content (AvgIpc) is 3.12. The zero-order chi connectivity index (χ0) is 15.3. The second-order valence-corrected chi connectivity index (χ2v) is 8.61. The molecule has 2 aliphatic carbocycles. The molecule has 0 aliphatic heterocycles. The average molecular weight is 295 g/mol. The molecule has 2 atom stereocenters. The second-order valence-electron chi connectivity index (χ2n) is 8.61. The first-order valence-corrected chi connectivity index (χ1v) is 9.40. The largest absolute Gasteiger partial charge is 0.316 e. The maximum Gasteiger partial charge on any atom is 0.00472 e. The molecule has 21 heavy (non-hydrogen) atoms. The van der Waals surface area contributed by atoms with Crippen molar-refractivity contribution in [2.45, 2.75) is 65.7 Å². The van der Waals surface area contributed by atoms with Crippen molar-refractivity contribution in [2.75, 3.05) is 33.2 Å². The fourth-order valence-electron chi connectivity index (χ4n) is 4.19. The summed E-state index contributed by atoms with van der Waals surface area (Å²) in [6.07, 6.45) is 10.1. The molecule has 1 N–H and O–H groups in total. The van der Waals surface area contributed by atoms with Crippen LogP contribution in [0.25, 0.3) is 0 Å². The SMILES string of the molecule is CC(C)CNCC1(CN(C)CC2CC2C)CCCCCC1. The highest BCUT2D eigenvalue weighted by atomic mass is 15.1. The van der Waals surface area contributed by atoms with Gasteiger partial charge in [-0.15, -0.1) is 0 Å². The van der Waals surface area contributed by atoms with Gasteiger partial charge in [-0.3, -0.25) is 0 Å². The molecule has 2 nitrogen and oxygen atoms in total. The Bertz CT molecular complexity index is 292. The lowest BCUT2D eigenvalue weighted by atomic mass is 9.79. The Labute approximate surface area is 133 Å². The monoisotopic (exact) mass is 294 g/mol. The fraction of sp³-hybridized carbons (Fsp3) is 1.00. The van der Waals surface area contributed by atoms with Crippen molar-refractivity contribution in [3.8, 4) is 0 Å². The summed E-state index contributed by atoms with van der Waals surface area (Å²) in [5.74, 6) is 2.73. The summed E-state index contributed by atoms with van der Waals surface area (Å²) in [4.78, 5) is 2.65. The Morgan fingerprint density at radius 3 is 2.29 bits per heavy atom. The Morgan fingerprint density at radius 1 is 1.14 bits per heavy atom. The molecule has 0 saturated heterocycles. The van der Waals surface area contributed by atoms with Crippen LogP contribution in [-0.4, -0.2) is 38.1 Å². The molecule has 2 heteroatoms. The van der Waals surface area contributed by atoms with Gasteiger partial charge in [-0.2, -0.15) is 0 Å². The molecule has 124 valence electrons. The van der Waals surface area contributed by atoms with Crippen molar-refractivity contribution in [2.24, 2.45) is 23.2 Å². The van der Waals surface area contributed by atoms with Crippen LogP contribution in [0.2, 0.25) is 0 Å². The van der Waals surface area contributed by atoms with Gasteiger partial charge in [-0.05, 0) is 56.0 Å². The third-order valence-electron chi connectivity index (χ3n) is 5.64. The Kier molecular flexibility index (Phi) is 6.55. The summed E-state index contributed by atoms with van der Waals surface area (Å²) in [6.45, 7) is 12.1. The zero-order valence-corrected chi connectivity index (χ0v) is 15.0. The Morgan fingerprint density at radius 2 is 1.76 bits per heavy atom. The molecule has 0 spiro atoms. The normalized spacial score (nSPS) is 28.9. The highest BCUT2D eigenvalue weighted by Gasteiger charge is 2.36. The van der Waals surface area contributed by atoms with Crippen LogP contribution in [0.15, 0.2) is 0 Å². The Balaban J connectivity index is 1.86. The van der Waals surface area contributed by atoms with E-state index in [9.17, 15) is 0 Å². The van der Waals surface area contributed by atoms with Gasteiger partial charge in [0.15, 0.2) is 0 Å². The van der Waals surface area contributed by atoms with Gasteiger partial charge in [0, 0.05) is 19.6 Å². The predicted octanol–water partition coefficient (Wildman–Crippen LogP) is 4.16. The summed E-state index contributed by atoms with van der Waals surface area (Å²) in [7, 11) is 2.36. The molecule has 0 amide bonds. The van der Waals surface area contributed by atoms with Crippen LogP contribution in [0.5, 0.6) is 0 Å². The number of hydrogen-bond acceptors (Lipinski definition) is 2. The maximum absolute atomic E-state index is 3.78. The van der Waals surface area contributed by atoms with Gasteiger partial charge >= 0.3 is 0 Å². The van der Waals surface area contributed by atoms with Crippen LogP contribution >= 0.6 is 0 Å². The first-order valence-electron chi connectivity index (χ1n) is 9.40. The van der Waals surface area contributed by atoms with E-state index in [1.165, 1.54) is 71.1 Å². The van der Waals surface area contributed by atoms with Gasteiger partial charge in [0.05, 0.1) is 0 Å². The minimum absolute atomic E-state index is 0.540. The number of nitrogens with one attached hydrogen (secondary N) is 1. The maximum atomic E-state index is 3.78. The molecule has 2 unspecified atom stereocenters. The third kappa shape index (κ3) is 5.90. The van der Waals surface area contributed by atoms with Gasteiger partial charge in [0.25, 0.3) is 0 Å². The third-order valence-corrected chi connectivity index (χ3v) is 5.64. The van der Waals surface area contributed by atoms with E-state index in [2.05, 4.69) is 38.0 Å². The van der Waals surface area contributed by atoms with Gasteiger partial charge < -0.3 is 10.2 Å². The van der Waals surface area contributed by atoms with E-state index in [4.69, 9.17) is 0 Å². The summed E-state index contributed by atoms with van der Waals surface area (Å²) in [5, 5.41) is 3.78. The zero-order valence-electron chi connectivity index (χ0n) is 15.0. The quantitative estimate of drug-likeness (QED) is 0.676. The van der Waals surface area contributed by atoms with E-state index in [0.29, 0.717) is 5.41 Å². The first kappa shape index (κ1) is 17.3. The molecule has 0 aromatic heterocycles. The highest BCUT2D eigenvalue weighted by Crippen LogP contribution is 2.40. The molecule has 2 rings (SSSR count). The molecule has 2 aliphatic rings. The van der Waals surface area contributed by atoms with Gasteiger partial charge in [0.1, 0.15) is 0 Å². The van der Waals surface area contributed by atoms with Crippen molar-refractivity contribution in [3.05, 3.63) is 0 Å². The Hall–Kier alpha value is -0.0800. The minimum atomic E-state index is 0.540. The van der Waals surface area contributed by atoms with Crippen molar-refractivity contribution in [1.82, 2.24) is 10.2 Å². The first-order chi connectivity index (χ1) is 10.0. The van der Waals surface area contributed by atoms with Crippen molar-refractivity contribution >= 4 is 0 Å². The van der Waals surface area contributed by atoms with Crippen molar-refractivity contribution < 1.29 is 0 Å². The topological polar surface area (TPSA) is 15.3 Å². The summed E-state index contributed by atoms with van der Waals surface area (Å²) < 4.78 is 0. The molecule has 0 aromatic carbocycles. The molecule has 0 heterocycles. The summed E-state index contributed by atoms with van der Waals surface area (Å²) in [6, 6.07) is 0. The molecule has 0 bridgehead atoms. The summed E-state index contributed by atoms with van der Waals surface area (Å²) >= 11 is 0. The number of nitrogens with zero attached hydrogens (tertiary/aromatic N) is 1. The van der Waals surface area contributed by atoms with Crippen LogP contribution in [0.1, 0.15) is 65.7 Å². The van der Waals surface area contributed by atoms with E-state index in [0.717, 1.165) is 17.8 Å².